The lowest BCUT2D eigenvalue weighted by Gasteiger charge is -2.15. The van der Waals surface area contributed by atoms with Crippen LogP contribution in [0.5, 0.6) is 0 Å². The summed E-state index contributed by atoms with van der Waals surface area (Å²) in [4.78, 5) is 12.6. The third-order valence-corrected chi connectivity index (χ3v) is 1.64. The fraction of sp³-hybridized carbons (Fsp3) is 0.857. The molecular weight excluding hydrogens is 146 g/mol. The Morgan fingerprint density at radius 2 is 2.09 bits per heavy atom. The van der Waals surface area contributed by atoms with Gasteiger partial charge in [0.25, 0.3) is 0 Å². The van der Waals surface area contributed by atoms with Gasteiger partial charge < -0.3 is 14.7 Å². The summed E-state index contributed by atoms with van der Waals surface area (Å²) in [7, 11) is 0. The molecule has 11 heavy (non-hydrogen) atoms. The van der Waals surface area contributed by atoms with Crippen LogP contribution in [0.3, 0.4) is 0 Å². The lowest BCUT2D eigenvalue weighted by Crippen LogP contribution is -2.30. The van der Waals surface area contributed by atoms with Crippen molar-refractivity contribution in [2.24, 2.45) is 0 Å². The van der Waals surface area contributed by atoms with E-state index in [1.165, 1.54) is 6.92 Å². The van der Waals surface area contributed by atoms with E-state index in [-0.39, 0.29) is 0 Å². The highest BCUT2D eigenvalue weighted by Crippen LogP contribution is 2.09. The predicted molar refractivity (Wildman–Crippen MR) is 39.0 cm³/mol. The molecule has 0 radical (unpaired) electrons. The Morgan fingerprint density at radius 3 is 2.55 bits per heavy atom. The van der Waals surface area contributed by atoms with Crippen LogP contribution in [0.25, 0.3) is 0 Å². The molecule has 0 aromatic carbocycles. The van der Waals surface area contributed by atoms with E-state index in [0.717, 1.165) is 25.9 Å². The number of rotatable bonds is 1. The van der Waals surface area contributed by atoms with Crippen molar-refractivity contribution in [1.29, 1.82) is 0 Å². The second-order valence-electron chi connectivity index (χ2n) is 2.68. The highest BCUT2D eigenvalue weighted by atomic mass is 16.6. The number of hydrogen-bond acceptors (Lipinski definition) is 3. The molecule has 4 heteroatoms. The van der Waals surface area contributed by atoms with Crippen LogP contribution in [0.4, 0.5) is 4.79 Å². The van der Waals surface area contributed by atoms with Gasteiger partial charge in [-0.25, -0.2) is 4.79 Å². The number of amides is 1. The number of likely N-dealkylation sites (tertiary alicyclic amines) is 1. The molecule has 1 rings (SSSR count). The van der Waals surface area contributed by atoms with Crippen LogP contribution in [0.2, 0.25) is 0 Å². The summed E-state index contributed by atoms with van der Waals surface area (Å²) in [5, 5.41) is 8.71. The Hall–Kier alpha value is -0.770. The van der Waals surface area contributed by atoms with Gasteiger partial charge in [-0.1, -0.05) is 0 Å². The molecule has 0 bridgehead atoms. The molecule has 0 spiro atoms. The van der Waals surface area contributed by atoms with Gasteiger partial charge in [0.05, 0.1) is 0 Å². The zero-order chi connectivity index (χ0) is 8.27. The minimum atomic E-state index is -0.997. The summed E-state index contributed by atoms with van der Waals surface area (Å²) in [5.74, 6) is 0. The largest absolute Gasteiger partial charge is 0.420 e. The highest BCUT2D eigenvalue weighted by Gasteiger charge is 2.19. The number of aliphatic hydroxyl groups is 1. The lowest BCUT2D eigenvalue weighted by molar-refractivity contribution is -0.0487. The highest BCUT2D eigenvalue weighted by molar-refractivity contribution is 5.67. The molecule has 1 aliphatic heterocycles. The van der Waals surface area contributed by atoms with Crippen LogP contribution in [0.15, 0.2) is 0 Å². The van der Waals surface area contributed by atoms with Gasteiger partial charge in [-0.15, -0.1) is 0 Å². The van der Waals surface area contributed by atoms with Gasteiger partial charge in [0.15, 0.2) is 6.29 Å². The maximum absolute atomic E-state index is 11.0. The summed E-state index contributed by atoms with van der Waals surface area (Å²) in [6, 6.07) is 0. The van der Waals surface area contributed by atoms with Crippen molar-refractivity contribution in [3.05, 3.63) is 0 Å². The van der Waals surface area contributed by atoms with Gasteiger partial charge in [-0.3, -0.25) is 0 Å². The topological polar surface area (TPSA) is 49.8 Å². The van der Waals surface area contributed by atoms with Crippen molar-refractivity contribution in [3.8, 4) is 0 Å². The molecule has 1 aliphatic rings. The summed E-state index contributed by atoms with van der Waals surface area (Å²) in [6.45, 7) is 2.94. The molecule has 0 aromatic rings. The Kier molecular flexibility index (Phi) is 2.70. The van der Waals surface area contributed by atoms with Gasteiger partial charge in [0.1, 0.15) is 0 Å². The first-order valence-corrected chi connectivity index (χ1v) is 3.84. The smallest absolute Gasteiger partial charge is 0.412 e. The number of carbonyl (C=O) groups is 1. The number of carbonyl (C=O) groups excluding carboxylic acids is 1. The van der Waals surface area contributed by atoms with Crippen LogP contribution >= 0.6 is 0 Å². The van der Waals surface area contributed by atoms with E-state index >= 15 is 0 Å². The second-order valence-corrected chi connectivity index (χ2v) is 2.68. The molecule has 1 unspecified atom stereocenters. The van der Waals surface area contributed by atoms with E-state index in [4.69, 9.17) is 5.11 Å². The normalized spacial score (nSPS) is 20.0. The van der Waals surface area contributed by atoms with Crippen LogP contribution in [0, 0.1) is 0 Å². The van der Waals surface area contributed by atoms with E-state index in [0.29, 0.717) is 0 Å². The van der Waals surface area contributed by atoms with Crippen molar-refractivity contribution in [2.75, 3.05) is 13.1 Å². The van der Waals surface area contributed by atoms with Crippen LogP contribution in [-0.2, 0) is 4.74 Å². The molecule has 64 valence electrons. The number of hydrogen-bond donors (Lipinski definition) is 1. The van der Waals surface area contributed by atoms with Gasteiger partial charge in [-0.2, -0.15) is 0 Å². The van der Waals surface area contributed by atoms with Gasteiger partial charge in [0, 0.05) is 13.1 Å². The Morgan fingerprint density at radius 1 is 1.55 bits per heavy atom. The molecule has 4 nitrogen and oxygen atoms in total. The number of ether oxygens (including phenoxy) is 1. The third kappa shape index (κ3) is 2.38. The maximum atomic E-state index is 11.0. The Labute approximate surface area is 65.8 Å². The average Bonchev–Trinajstić information content (AvgIpc) is 2.35. The minimum absolute atomic E-state index is 0.405. The number of nitrogens with zero attached hydrogens (tertiary/aromatic N) is 1. The zero-order valence-corrected chi connectivity index (χ0v) is 6.62. The quantitative estimate of drug-likeness (QED) is 0.568. The molecule has 1 fully saturated rings. The summed E-state index contributed by atoms with van der Waals surface area (Å²) in [6.07, 6.45) is 0.671. The molecule has 1 heterocycles. The maximum Gasteiger partial charge on any atom is 0.412 e. The Balaban J connectivity index is 2.28. The Bertz CT molecular complexity index is 141. The van der Waals surface area contributed by atoms with E-state index in [1.54, 1.807) is 4.90 Å². The van der Waals surface area contributed by atoms with Crippen molar-refractivity contribution < 1.29 is 14.6 Å². The minimum Gasteiger partial charge on any atom is -0.420 e. The second kappa shape index (κ2) is 3.57. The molecule has 0 aliphatic carbocycles. The van der Waals surface area contributed by atoms with Gasteiger partial charge in [-0.05, 0) is 19.8 Å². The molecule has 0 aromatic heterocycles. The molecule has 1 atom stereocenters. The summed E-state index contributed by atoms with van der Waals surface area (Å²) in [5.41, 5.74) is 0. The zero-order valence-electron chi connectivity index (χ0n) is 6.62. The fourth-order valence-electron chi connectivity index (χ4n) is 1.12. The SMILES string of the molecule is CC(O)OC(=O)N1CCCC1. The number of aliphatic hydroxyl groups excluding tert-OH is 1. The van der Waals surface area contributed by atoms with E-state index in [2.05, 4.69) is 4.74 Å². The van der Waals surface area contributed by atoms with Gasteiger partial charge >= 0.3 is 6.09 Å². The fourth-order valence-corrected chi connectivity index (χ4v) is 1.12. The molecule has 1 N–H and O–H groups in total. The van der Waals surface area contributed by atoms with Crippen LogP contribution in [0.1, 0.15) is 19.8 Å². The lowest BCUT2D eigenvalue weighted by atomic mass is 10.4. The standard InChI is InChI=1S/C7H13NO3/c1-6(9)11-7(10)8-4-2-3-5-8/h6,9H,2-5H2,1H3. The van der Waals surface area contributed by atoms with E-state index in [1.807, 2.05) is 0 Å². The van der Waals surface area contributed by atoms with Crippen molar-refractivity contribution in [1.82, 2.24) is 4.90 Å². The molecule has 1 saturated heterocycles. The first kappa shape index (κ1) is 8.33. The van der Waals surface area contributed by atoms with Crippen molar-refractivity contribution in [3.63, 3.8) is 0 Å². The van der Waals surface area contributed by atoms with Crippen molar-refractivity contribution >= 4 is 6.09 Å². The van der Waals surface area contributed by atoms with Gasteiger partial charge in [0.2, 0.25) is 0 Å². The monoisotopic (exact) mass is 159 g/mol. The first-order chi connectivity index (χ1) is 5.20. The molecule has 1 amide bonds. The summed E-state index contributed by atoms with van der Waals surface area (Å²) >= 11 is 0. The van der Waals surface area contributed by atoms with Crippen LogP contribution in [-0.4, -0.2) is 35.5 Å². The molecule has 0 saturated carbocycles. The molecular formula is C7H13NO3. The van der Waals surface area contributed by atoms with E-state index in [9.17, 15) is 4.79 Å². The first-order valence-electron chi connectivity index (χ1n) is 3.84. The summed E-state index contributed by atoms with van der Waals surface area (Å²) < 4.78 is 4.58. The van der Waals surface area contributed by atoms with Crippen molar-refractivity contribution in [2.45, 2.75) is 26.1 Å². The predicted octanol–water partition coefficient (Wildman–Crippen LogP) is 0.557. The van der Waals surface area contributed by atoms with E-state index < -0.39 is 12.4 Å². The third-order valence-electron chi connectivity index (χ3n) is 1.64. The average molecular weight is 159 g/mol. The van der Waals surface area contributed by atoms with Crippen LogP contribution < -0.4 is 0 Å².